The SMILES string of the molecule is CC(=O)Nc1ccc(S(=O)(=O)Oc2ccc3nc(C)oc3c2)cc1. The molecule has 0 aliphatic carbocycles. The average molecular weight is 346 g/mol. The van der Waals surface area contributed by atoms with E-state index in [1.165, 1.54) is 43.3 Å². The van der Waals surface area contributed by atoms with Crippen LogP contribution in [0.5, 0.6) is 5.75 Å². The number of oxazole rings is 1. The summed E-state index contributed by atoms with van der Waals surface area (Å²) in [6, 6.07) is 10.3. The number of anilines is 1. The highest BCUT2D eigenvalue weighted by molar-refractivity contribution is 7.87. The molecule has 0 fully saturated rings. The molecular weight excluding hydrogens is 332 g/mol. The van der Waals surface area contributed by atoms with Crippen LogP contribution in [-0.4, -0.2) is 19.3 Å². The highest BCUT2D eigenvalue weighted by atomic mass is 32.2. The van der Waals surface area contributed by atoms with Crippen LogP contribution in [0.1, 0.15) is 12.8 Å². The van der Waals surface area contributed by atoms with Crippen molar-refractivity contribution in [3.63, 3.8) is 0 Å². The third-order valence-electron chi connectivity index (χ3n) is 3.14. The molecule has 0 spiro atoms. The van der Waals surface area contributed by atoms with Crippen LogP contribution in [0.3, 0.4) is 0 Å². The first kappa shape index (κ1) is 16.0. The Labute approximate surface area is 138 Å². The summed E-state index contributed by atoms with van der Waals surface area (Å²) in [7, 11) is -4.00. The summed E-state index contributed by atoms with van der Waals surface area (Å²) >= 11 is 0. The van der Waals surface area contributed by atoms with Gasteiger partial charge in [0.1, 0.15) is 16.2 Å². The van der Waals surface area contributed by atoms with E-state index in [4.69, 9.17) is 8.60 Å². The van der Waals surface area contributed by atoms with Gasteiger partial charge in [-0.3, -0.25) is 4.79 Å². The minimum absolute atomic E-state index is 0.0227. The first-order valence-electron chi connectivity index (χ1n) is 7.03. The predicted molar refractivity (Wildman–Crippen MR) is 87.3 cm³/mol. The molecule has 8 heteroatoms. The summed E-state index contributed by atoms with van der Waals surface area (Å²) in [6.07, 6.45) is 0. The summed E-state index contributed by atoms with van der Waals surface area (Å²) in [6.45, 7) is 3.07. The molecule has 0 aliphatic heterocycles. The van der Waals surface area contributed by atoms with Crippen LogP contribution in [0.15, 0.2) is 51.8 Å². The molecule has 24 heavy (non-hydrogen) atoms. The largest absolute Gasteiger partial charge is 0.441 e. The Morgan fingerprint density at radius 2 is 1.88 bits per heavy atom. The fourth-order valence-corrected chi connectivity index (χ4v) is 3.08. The smallest absolute Gasteiger partial charge is 0.339 e. The number of hydrogen-bond acceptors (Lipinski definition) is 6. The van der Waals surface area contributed by atoms with Crippen molar-refractivity contribution < 1.29 is 21.8 Å². The van der Waals surface area contributed by atoms with Gasteiger partial charge < -0.3 is 13.9 Å². The van der Waals surface area contributed by atoms with Crippen molar-refractivity contribution in [2.24, 2.45) is 0 Å². The number of fused-ring (bicyclic) bond motifs is 1. The third kappa shape index (κ3) is 3.38. The number of hydrogen-bond donors (Lipinski definition) is 1. The van der Waals surface area contributed by atoms with Gasteiger partial charge in [0.2, 0.25) is 5.91 Å². The molecule has 0 radical (unpaired) electrons. The normalized spacial score (nSPS) is 11.4. The minimum atomic E-state index is -4.00. The Morgan fingerprint density at radius 3 is 2.54 bits per heavy atom. The van der Waals surface area contributed by atoms with Crippen LogP contribution in [0, 0.1) is 6.92 Å². The van der Waals surface area contributed by atoms with Gasteiger partial charge in [-0.25, -0.2) is 4.98 Å². The van der Waals surface area contributed by atoms with Gasteiger partial charge in [0.15, 0.2) is 11.5 Å². The summed E-state index contributed by atoms with van der Waals surface area (Å²) in [5.74, 6) is 0.376. The number of carbonyl (C=O) groups excluding carboxylic acids is 1. The first-order chi connectivity index (χ1) is 11.3. The van der Waals surface area contributed by atoms with Gasteiger partial charge >= 0.3 is 10.1 Å². The molecule has 7 nitrogen and oxygen atoms in total. The molecule has 2 aromatic carbocycles. The standard InChI is InChI=1S/C16H14N2O5S/c1-10(19)17-12-3-6-14(7-4-12)24(20,21)23-13-5-8-15-16(9-13)22-11(2)18-15/h3-9H,1-2H3,(H,17,19). The van der Waals surface area contributed by atoms with Crippen molar-refractivity contribution in [3.05, 3.63) is 48.4 Å². The highest BCUT2D eigenvalue weighted by Crippen LogP contribution is 2.25. The van der Waals surface area contributed by atoms with Crippen molar-refractivity contribution in [2.75, 3.05) is 5.32 Å². The number of rotatable bonds is 4. The molecule has 1 amide bonds. The van der Waals surface area contributed by atoms with E-state index in [1.54, 1.807) is 13.0 Å². The van der Waals surface area contributed by atoms with Crippen molar-refractivity contribution in [3.8, 4) is 5.75 Å². The van der Waals surface area contributed by atoms with Crippen molar-refractivity contribution in [2.45, 2.75) is 18.7 Å². The van der Waals surface area contributed by atoms with Gasteiger partial charge in [0.25, 0.3) is 0 Å². The third-order valence-corrected chi connectivity index (χ3v) is 4.40. The van der Waals surface area contributed by atoms with Gasteiger partial charge in [-0.2, -0.15) is 8.42 Å². The molecule has 0 unspecified atom stereocenters. The zero-order valence-corrected chi connectivity index (χ0v) is 13.8. The van der Waals surface area contributed by atoms with E-state index in [0.29, 0.717) is 22.7 Å². The molecule has 3 rings (SSSR count). The summed E-state index contributed by atoms with van der Waals surface area (Å²) in [5, 5.41) is 2.56. The van der Waals surface area contributed by atoms with Crippen molar-refractivity contribution >= 4 is 32.8 Å². The van der Waals surface area contributed by atoms with E-state index in [2.05, 4.69) is 10.3 Å². The monoisotopic (exact) mass is 346 g/mol. The molecule has 0 aliphatic rings. The zero-order chi connectivity index (χ0) is 17.3. The molecule has 0 atom stereocenters. The van der Waals surface area contributed by atoms with E-state index in [0.717, 1.165) is 0 Å². The van der Waals surface area contributed by atoms with Gasteiger partial charge in [-0.15, -0.1) is 0 Å². The van der Waals surface area contributed by atoms with Crippen LogP contribution >= 0.6 is 0 Å². The lowest BCUT2D eigenvalue weighted by Crippen LogP contribution is -2.10. The van der Waals surface area contributed by atoms with Gasteiger partial charge in [-0.05, 0) is 36.4 Å². The molecule has 0 saturated carbocycles. The Balaban J connectivity index is 1.85. The fraction of sp³-hybridized carbons (Fsp3) is 0.125. The summed E-state index contributed by atoms with van der Waals surface area (Å²) in [5.41, 5.74) is 1.57. The molecule has 0 bridgehead atoms. The van der Waals surface area contributed by atoms with E-state index in [9.17, 15) is 13.2 Å². The second-order valence-electron chi connectivity index (χ2n) is 5.11. The quantitative estimate of drug-likeness (QED) is 0.729. The Hall–Kier alpha value is -2.87. The number of nitrogens with one attached hydrogen (secondary N) is 1. The van der Waals surface area contributed by atoms with Gasteiger partial charge in [0, 0.05) is 25.6 Å². The van der Waals surface area contributed by atoms with Crippen molar-refractivity contribution in [1.29, 1.82) is 0 Å². The zero-order valence-electron chi connectivity index (χ0n) is 12.9. The second kappa shape index (κ2) is 5.97. The molecule has 0 saturated heterocycles. The van der Waals surface area contributed by atoms with E-state index in [1.807, 2.05) is 0 Å². The Kier molecular flexibility index (Phi) is 3.98. The van der Waals surface area contributed by atoms with Gasteiger partial charge in [-0.1, -0.05) is 0 Å². The molecular formula is C16H14N2O5S. The van der Waals surface area contributed by atoms with Crippen LogP contribution in [0.2, 0.25) is 0 Å². The lowest BCUT2D eigenvalue weighted by Gasteiger charge is -2.08. The molecule has 124 valence electrons. The topological polar surface area (TPSA) is 98.5 Å². The number of aromatic nitrogens is 1. The Morgan fingerprint density at radius 1 is 1.17 bits per heavy atom. The second-order valence-corrected chi connectivity index (χ2v) is 6.65. The lowest BCUT2D eigenvalue weighted by molar-refractivity contribution is -0.114. The number of aryl methyl sites for hydroxylation is 1. The first-order valence-corrected chi connectivity index (χ1v) is 8.44. The average Bonchev–Trinajstić information content (AvgIpc) is 2.86. The minimum Gasteiger partial charge on any atom is -0.441 e. The fourth-order valence-electron chi connectivity index (χ4n) is 2.15. The van der Waals surface area contributed by atoms with Crippen LogP contribution in [-0.2, 0) is 14.9 Å². The van der Waals surface area contributed by atoms with E-state index >= 15 is 0 Å². The molecule has 1 aromatic heterocycles. The van der Waals surface area contributed by atoms with Crippen molar-refractivity contribution in [1.82, 2.24) is 4.98 Å². The van der Waals surface area contributed by atoms with Crippen LogP contribution in [0.4, 0.5) is 5.69 Å². The van der Waals surface area contributed by atoms with Gasteiger partial charge in [0.05, 0.1) is 0 Å². The number of benzene rings is 2. The van der Waals surface area contributed by atoms with E-state index < -0.39 is 10.1 Å². The Bertz CT molecular complexity index is 1010. The number of amides is 1. The van der Waals surface area contributed by atoms with Crippen LogP contribution in [0.25, 0.3) is 11.1 Å². The molecule has 1 heterocycles. The van der Waals surface area contributed by atoms with E-state index in [-0.39, 0.29) is 16.6 Å². The van der Waals surface area contributed by atoms with Crippen LogP contribution < -0.4 is 9.50 Å². The highest BCUT2D eigenvalue weighted by Gasteiger charge is 2.17. The maximum Gasteiger partial charge on any atom is 0.339 e. The summed E-state index contributed by atoms with van der Waals surface area (Å²) < 4.78 is 35.1. The summed E-state index contributed by atoms with van der Waals surface area (Å²) in [4.78, 5) is 15.1. The molecule has 1 N–H and O–H groups in total. The number of nitrogens with zero attached hydrogens (tertiary/aromatic N) is 1. The maximum absolute atomic E-state index is 12.3. The predicted octanol–water partition coefficient (Wildman–Crippen LogP) is 2.86. The molecule has 3 aromatic rings. The maximum atomic E-state index is 12.3. The number of carbonyl (C=O) groups is 1. The lowest BCUT2D eigenvalue weighted by atomic mass is 10.3.